The summed E-state index contributed by atoms with van der Waals surface area (Å²) in [5.74, 6) is 0.567. The van der Waals surface area contributed by atoms with E-state index < -0.39 is 7.12 Å². The molecule has 104 valence electrons. The van der Waals surface area contributed by atoms with E-state index in [0.717, 1.165) is 25.2 Å². The van der Waals surface area contributed by atoms with E-state index in [9.17, 15) is 10.0 Å². The molecule has 1 heterocycles. The Hall–Kier alpha value is -1.04. The number of benzene rings is 1. The van der Waals surface area contributed by atoms with E-state index in [1.807, 2.05) is 13.0 Å². The molecule has 1 aliphatic rings. The maximum atomic E-state index is 9.34. The van der Waals surface area contributed by atoms with E-state index in [0.29, 0.717) is 17.8 Å². The van der Waals surface area contributed by atoms with Gasteiger partial charge in [-0.05, 0) is 38.9 Å². The summed E-state index contributed by atoms with van der Waals surface area (Å²) in [6.45, 7) is 5.69. The van der Waals surface area contributed by atoms with Gasteiger partial charge in [-0.2, -0.15) is 0 Å². The van der Waals surface area contributed by atoms with Crippen LogP contribution in [0.3, 0.4) is 0 Å². The van der Waals surface area contributed by atoms with E-state index in [2.05, 4.69) is 4.90 Å². The first kappa shape index (κ1) is 14.4. The van der Waals surface area contributed by atoms with Crippen molar-refractivity contribution in [3.63, 3.8) is 0 Å². The lowest BCUT2D eigenvalue weighted by atomic mass is 9.79. The van der Waals surface area contributed by atoms with Crippen molar-refractivity contribution < 1.29 is 14.8 Å². The van der Waals surface area contributed by atoms with E-state index in [-0.39, 0.29) is 0 Å². The fourth-order valence-electron chi connectivity index (χ4n) is 2.47. The largest absolute Gasteiger partial charge is 0.493 e. The van der Waals surface area contributed by atoms with Gasteiger partial charge in [-0.1, -0.05) is 24.1 Å². The quantitative estimate of drug-likeness (QED) is 0.761. The number of rotatable bonds is 5. The monoisotopic (exact) mass is 263 g/mol. The molecule has 1 fully saturated rings. The molecule has 0 aromatic heterocycles. The highest BCUT2D eigenvalue weighted by Crippen LogP contribution is 2.11. The summed E-state index contributed by atoms with van der Waals surface area (Å²) in [6.07, 6.45) is 3.87. The predicted molar refractivity (Wildman–Crippen MR) is 76.8 cm³/mol. The number of hydrogen-bond acceptors (Lipinski definition) is 4. The zero-order valence-corrected chi connectivity index (χ0v) is 11.5. The molecule has 0 saturated carbocycles. The molecule has 0 aliphatic carbocycles. The molecule has 0 amide bonds. The summed E-state index contributed by atoms with van der Waals surface area (Å²) < 4.78 is 5.69. The highest BCUT2D eigenvalue weighted by molar-refractivity contribution is 6.59. The van der Waals surface area contributed by atoms with Crippen molar-refractivity contribution in [2.24, 2.45) is 0 Å². The van der Waals surface area contributed by atoms with E-state index in [4.69, 9.17) is 4.74 Å². The Morgan fingerprint density at radius 3 is 2.63 bits per heavy atom. The summed E-state index contributed by atoms with van der Waals surface area (Å²) in [5, 5.41) is 18.7. The fourth-order valence-corrected chi connectivity index (χ4v) is 2.47. The van der Waals surface area contributed by atoms with Crippen molar-refractivity contribution in [2.75, 3.05) is 26.2 Å². The molecular weight excluding hydrogens is 241 g/mol. The lowest BCUT2D eigenvalue weighted by Gasteiger charge is -2.26. The number of likely N-dealkylation sites (tertiary alicyclic amines) is 1. The lowest BCUT2D eigenvalue weighted by molar-refractivity contribution is 0.184. The van der Waals surface area contributed by atoms with Crippen LogP contribution >= 0.6 is 0 Å². The first-order valence-electron chi connectivity index (χ1n) is 6.98. The van der Waals surface area contributed by atoms with Gasteiger partial charge in [0.15, 0.2) is 0 Å². The molecule has 1 aromatic rings. The van der Waals surface area contributed by atoms with Crippen molar-refractivity contribution in [2.45, 2.75) is 26.2 Å². The van der Waals surface area contributed by atoms with Crippen LogP contribution in [0.25, 0.3) is 0 Å². The molecule has 1 aliphatic heterocycles. The van der Waals surface area contributed by atoms with Crippen molar-refractivity contribution in [3.8, 4) is 5.75 Å². The van der Waals surface area contributed by atoms with Gasteiger partial charge < -0.3 is 14.8 Å². The molecule has 1 aromatic carbocycles. The molecule has 19 heavy (non-hydrogen) atoms. The standard InChI is InChI=1S/C14H22BNO3/c1-12-5-6-14(13(11-12)15(17)18)19-10-9-16-7-3-2-4-8-16/h5-6,11,17-18H,2-4,7-10H2,1H3. The van der Waals surface area contributed by atoms with E-state index in [1.165, 1.54) is 19.3 Å². The van der Waals surface area contributed by atoms with Crippen LogP contribution in [0, 0.1) is 6.92 Å². The summed E-state index contributed by atoms with van der Waals surface area (Å²) in [7, 11) is -1.48. The summed E-state index contributed by atoms with van der Waals surface area (Å²) in [6, 6.07) is 5.48. The maximum Gasteiger partial charge on any atom is 0.492 e. The minimum absolute atomic E-state index is 0.443. The Bertz CT molecular complexity index is 406. The number of ether oxygens (including phenoxy) is 1. The molecule has 0 bridgehead atoms. The third-order valence-electron chi connectivity index (χ3n) is 3.56. The Kier molecular flexibility index (Phi) is 5.25. The SMILES string of the molecule is Cc1ccc(OCCN2CCCCC2)c(B(O)O)c1. The van der Waals surface area contributed by atoms with Crippen molar-refractivity contribution in [3.05, 3.63) is 23.8 Å². The fraction of sp³-hybridized carbons (Fsp3) is 0.571. The Morgan fingerprint density at radius 1 is 1.21 bits per heavy atom. The normalized spacial score (nSPS) is 16.4. The highest BCUT2D eigenvalue weighted by Gasteiger charge is 2.17. The molecular formula is C14H22BNO3. The van der Waals surface area contributed by atoms with Crippen LogP contribution in [0.1, 0.15) is 24.8 Å². The molecule has 2 rings (SSSR count). The number of aryl methyl sites for hydroxylation is 1. The summed E-state index contributed by atoms with van der Waals surface area (Å²) in [5.41, 5.74) is 1.44. The third kappa shape index (κ3) is 4.23. The molecule has 0 unspecified atom stereocenters. The lowest BCUT2D eigenvalue weighted by Crippen LogP contribution is -2.35. The van der Waals surface area contributed by atoms with Crippen LogP contribution in [-0.2, 0) is 0 Å². The van der Waals surface area contributed by atoms with Gasteiger partial charge >= 0.3 is 7.12 Å². The van der Waals surface area contributed by atoms with Gasteiger partial charge in [-0.25, -0.2) is 0 Å². The molecule has 4 nitrogen and oxygen atoms in total. The number of nitrogens with zero attached hydrogens (tertiary/aromatic N) is 1. The van der Waals surface area contributed by atoms with Crippen LogP contribution in [-0.4, -0.2) is 48.3 Å². The first-order chi connectivity index (χ1) is 9.16. The second-order valence-electron chi connectivity index (χ2n) is 5.17. The van der Waals surface area contributed by atoms with Crippen LogP contribution in [0.15, 0.2) is 18.2 Å². The molecule has 2 N–H and O–H groups in total. The van der Waals surface area contributed by atoms with Gasteiger partial charge in [0.2, 0.25) is 0 Å². The number of hydrogen-bond donors (Lipinski definition) is 2. The predicted octanol–water partition coefficient (Wildman–Crippen LogP) is 0.540. The second kappa shape index (κ2) is 6.94. The van der Waals surface area contributed by atoms with Crippen LogP contribution in [0.2, 0.25) is 0 Å². The van der Waals surface area contributed by atoms with Crippen molar-refractivity contribution >= 4 is 12.6 Å². The van der Waals surface area contributed by atoms with Gasteiger partial charge in [-0.15, -0.1) is 0 Å². The van der Waals surface area contributed by atoms with Gasteiger partial charge in [-0.3, -0.25) is 4.90 Å². The minimum atomic E-state index is -1.48. The molecule has 0 atom stereocenters. The average Bonchev–Trinajstić information content (AvgIpc) is 2.41. The van der Waals surface area contributed by atoms with Crippen molar-refractivity contribution in [1.82, 2.24) is 4.90 Å². The maximum absolute atomic E-state index is 9.34. The topological polar surface area (TPSA) is 52.9 Å². The molecule has 0 spiro atoms. The molecule has 5 heteroatoms. The average molecular weight is 263 g/mol. The van der Waals surface area contributed by atoms with Gasteiger partial charge in [0.1, 0.15) is 12.4 Å². The third-order valence-corrected chi connectivity index (χ3v) is 3.56. The smallest absolute Gasteiger partial charge is 0.492 e. The Balaban J connectivity index is 1.88. The highest BCUT2D eigenvalue weighted by atomic mass is 16.5. The van der Waals surface area contributed by atoms with Gasteiger partial charge in [0.25, 0.3) is 0 Å². The zero-order chi connectivity index (χ0) is 13.7. The summed E-state index contributed by atoms with van der Waals surface area (Å²) in [4.78, 5) is 2.40. The van der Waals surface area contributed by atoms with E-state index >= 15 is 0 Å². The Labute approximate surface area is 115 Å². The van der Waals surface area contributed by atoms with Crippen LogP contribution < -0.4 is 10.2 Å². The van der Waals surface area contributed by atoms with Crippen LogP contribution in [0.4, 0.5) is 0 Å². The Morgan fingerprint density at radius 2 is 1.95 bits per heavy atom. The van der Waals surface area contributed by atoms with Crippen LogP contribution in [0.5, 0.6) is 5.75 Å². The summed E-state index contributed by atoms with van der Waals surface area (Å²) >= 11 is 0. The first-order valence-corrected chi connectivity index (χ1v) is 6.98. The van der Waals surface area contributed by atoms with Crippen molar-refractivity contribution in [1.29, 1.82) is 0 Å². The van der Waals surface area contributed by atoms with E-state index in [1.54, 1.807) is 12.1 Å². The second-order valence-corrected chi connectivity index (χ2v) is 5.17. The molecule has 1 saturated heterocycles. The zero-order valence-electron chi connectivity index (χ0n) is 11.5. The van der Waals surface area contributed by atoms with Gasteiger partial charge in [0.05, 0.1) is 0 Å². The number of piperidine rings is 1. The minimum Gasteiger partial charge on any atom is -0.493 e. The molecule has 0 radical (unpaired) electrons. The van der Waals surface area contributed by atoms with Gasteiger partial charge in [0, 0.05) is 12.0 Å².